The van der Waals surface area contributed by atoms with Gasteiger partial charge >= 0.3 is 0 Å². The number of morpholine rings is 1. The molecule has 0 unspecified atom stereocenters. The molecule has 29 heavy (non-hydrogen) atoms. The van der Waals surface area contributed by atoms with Crippen molar-refractivity contribution in [1.29, 1.82) is 0 Å². The molecule has 1 aliphatic rings. The largest absolute Gasteiger partial charge is 0.378 e. The van der Waals surface area contributed by atoms with E-state index in [0.29, 0.717) is 25.1 Å². The fraction of sp³-hybridized carbons (Fsp3) is 0.429. The quantitative estimate of drug-likeness (QED) is 0.346. The molecule has 1 aliphatic heterocycles. The molecule has 0 aliphatic carbocycles. The summed E-state index contributed by atoms with van der Waals surface area (Å²) in [4.78, 5) is 19.2. The molecule has 0 radical (unpaired) electrons. The van der Waals surface area contributed by atoms with Crippen molar-refractivity contribution >= 4 is 29.0 Å². The maximum absolute atomic E-state index is 5.45. The minimum absolute atomic E-state index is 0.476. The first-order chi connectivity index (χ1) is 14.3. The maximum Gasteiger partial charge on any atom is 0.248 e. The average molecular weight is 393 g/mol. The van der Waals surface area contributed by atoms with Crippen LogP contribution in [0, 0.1) is 0 Å². The Hall–Kier alpha value is -3.00. The van der Waals surface area contributed by atoms with E-state index in [9.17, 15) is 0 Å². The van der Waals surface area contributed by atoms with Crippen molar-refractivity contribution in [2.75, 3.05) is 36.6 Å². The average Bonchev–Trinajstić information content (AvgIpc) is 3.18. The molecular weight excluding hydrogens is 366 g/mol. The van der Waals surface area contributed by atoms with E-state index in [-0.39, 0.29) is 0 Å². The first-order valence-corrected chi connectivity index (χ1v) is 10.3. The van der Waals surface area contributed by atoms with E-state index in [2.05, 4.69) is 48.4 Å². The number of rotatable bonds is 8. The lowest BCUT2D eigenvalue weighted by atomic mass is 10.2. The van der Waals surface area contributed by atoms with Gasteiger partial charge in [0.15, 0.2) is 0 Å². The van der Waals surface area contributed by atoms with E-state index in [0.717, 1.165) is 48.2 Å². The molecule has 2 N–H and O–H groups in total. The van der Waals surface area contributed by atoms with Gasteiger partial charge in [0.05, 0.1) is 19.4 Å². The molecule has 1 aromatic carbocycles. The van der Waals surface area contributed by atoms with Crippen LogP contribution in [0.25, 0.3) is 10.9 Å². The summed E-state index contributed by atoms with van der Waals surface area (Å²) in [6, 6.07) is 8.14. The van der Waals surface area contributed by atoms with Crippen LogP contribution in [0.5, 0.6) is 0 Å². The zero-order valence-corrected chi connectivity index (χ0v) is 16.8. The second-order valence-corrected chi connectivity index (χ2v) is 7.09. The number of anilines is 2. The van der Waals surface area contributed by atoms with Gasteiger partial charge in [-0.15, -0.1) is 0 Å². The number of ether oxygens (including phenoxy) is 1. The number of unbranched alkanes of at least 4 members (excludes halogenated alkanes) is 2. The number of H-pyrrole nitrogens is 1. The molecule has 3 heterocycles. The molecule has 2 aromatic heterocycles. The van der Waals surface area contributed by atoms with Gasteiger partial charge in [0.25, 0.3) is 0 Å². The summed E-state index contributed by atoms with van der Waals surface area (Å²) in [7, 11) is 0. The van der Waals surface area contributed by atoms with Crippen molar-refractivity contribution in [3.8, 4) is 0 Å². The Kier molecular flexibility index (Phi) is 6.31. The van der Waals surface area contributed by atoms with Gasteiger partial charge in [-0.3, -0.25) is 0 Å². The summed E-state index contributed by atoms with van der Waals surface area (Å²) in [6.07, 6.45) is 7.98. The number of nitrogens with zero attached hydrogens (tertiary/aromatic N) is 5. The smallest absolute Gasteiger partial charge is 0.248 e. The number of aryl methyl sites for hydroxylation is 1. The summed E-state index contributed by atoms with van der Waals surface area (Å²) >= 11 is 0. The van der Waals surface area contributed by atoms with E-state index in [4.69, 9.17) is 4.74 Å². The molecule has 1 saturated heterocycles. The minimum atomic E-state index is 0.476. The molecule has 0 atom stereocenters. The number of aromatic nitrogens is 4. The summed E-state index contributed by atoms with van der Waals surface area (Å²) in [5.74, 6) is 1.98. The summed E-state index contributed by atoms with van der Waals surface area (Å²) < 4.78 is 5.45. The molecule has 0 amide bonds. The second-order valence-electron chi connectivity index (χ2n) is 7.09. The van der Waals surface area contributed by atoms with Gasteiger partial charge in [0.1, 0.15) is 5.82 Å². The molecule has 8 nitrogen and oxygen atoms in total. The van der Waals surface area contributed by atoms with Crippen molar-refractivity contribution in [1.82, 2.24) is 19.9 Å². The Bertz CT molecular complexity index is 963. The van der Waals surface area contributed by atoms with Gasteiger partial charge in [-0.05, 0) is 12.5 Å². The molecule has 3 aromatic rings. The van der Waals surface area contributed by atoms with Crippen LogP contribution in [0.2, 0.25) is 0 Å². The third-order valence-corrected chi connectivity index (χ3v) is 4.96. The van der Waals surface area contributed by atoms with E-state index in [1.807, 2.05) is 24.4 Å². The van der Waals surface area contributed by atoms with Gasteiger partial charge in [-0.1, -0.05) is 38.0 Å². The molecule has 1 fully saturated rings. The highest BCUT2D eigenvalue weighted by Gasteiger charge is 2.16. The molecule has 8 heteroatoms. The van der Waals surface area contributed by atoms with Crippen LogP contribution in [0.15, 0.2) is 35.6 Å². The van der Waals surface area contributed by atoms with Gasteiger partial charge in [0, 0.05) is 42.2 Å². The predicted octanol–water partition coefficient (Wildman–Crippen LogP) is 3.37. The fourth-order valence-electron chi connectivity index (χ4n) is 3.37. The number of benzene rings is 1. The van der Waals surface area contributed by atoms with Crippen molar-refractivity contribution in [2.24, 2.45) is 5.10 Å². The molecule has 0 saturated carbocycles. The Balaban J connectivity index is 1.52. The number of para-hydroxylation sites is 1. The number of hydrogen-bond donors (Lipinski definition) is 2. The van der Waals surface area contributed by atoms with Gasteiger partial charge in [-0.2, -0.15) is 20.1 Å². The molecule has 0 spiro atoms. The van der Waals surface area contributed by atoms with Crippen LogP contribution in [-0.4, -0.2) is 52.5 Å². The highest BCUT2D eigenvalue weighted by molar-refractivity contribution is 5.99. The lowest BCUT2D eigenvalue weighted by molar-refractivity contribution is 0.122. The van der Waals surface area contributed by atoms with Crippen LogP contribution in [-0.2, 0) is 11.2 Å². The molecule has 0 bridgehead atoms. The number of hydrazone groups is 1. The Morgan fingerprint density at radius 2 is 2.03 bits per heavy atom. The van der Waals surface area contributed by atoms with Crippen LogP contribution in [0.3, 0.4) is 0 Å². The Morgan fingerprint density at radius 1 is 1.17 bits per heavy atom. The van der Waals surface area contributed by atoms with Gasteiger partial charge in [-0.25, -0.2) is 5.43 Å². The van der Waals surface area contributed by atoms with E-state index in [1.54, 1.807) is 6.21 Å². The molecule has 152 valence electrons. The molecular formula is C21H27N7O. The normalized spacial score (nSPS) is 14.7. The fourth-order valence-corrected chi connectivity index (χ4v) is 3.37. The van der Waals surface area contributed by atoms with Crippen LogP contribution >= 0.6 is 0 Å². The summed E-state index contributed by atoms with van der Waals surface area (Å²) in [5, 5.41) is 5.49. The Labute approximate surface area is 170 Å². The topological polar surface area (TPSA) is 91.3 Å². The predicted molar refractivity (Wildman–Crippen MR) is 116 cm³/mol. The zero-order chi connectivity index (χ0) is 19.9. The lowest BCUT2D eigenvalue weighted by Crippen LogP contribution is -2.37. The highest BCUT2D eigenvalue weighted by atomic mass is 16.5. The minimum Gasteiger partial charge on any atom is -0.378 e. The van der Waals surface area contributed by atoms with Crippen LogP contribution in [0.4, 0.5) is 11.9 Å². The number of hydrogen-bond acceptors (Lipinski definition) is 7. The SMILES string of the molecule is CCCCCc1nc(N/N=C/c2c[nH]c3ccccc23)nc(N2CCOCC2)n1. The second kappa shape index (κ2) is 9.47. The monoisotopic (exact) mass is 393 g/mol. The number of aromatic amines is 1. The molecule has 4 rings (SSSR count). The van der Waals surface area contributed by atoms with E-state index < -0.39 is 0 Å². The van der Waals surface area contributed by atoms with Gasteiger partial charge < -0.3 is 14.6 Å². The van der Waals surface area contributed by atoms with E-state index in [1.165, 1.54) is 12.8 Å². The third kappa shape index (κ3) is 4.89. The van der Waals surface area contributed by atoms with Crippen molar-refractivity contribution in [3.05, 3.63) is 41.9 Å². The summed E-state index contributed by atoms with van der Waals surface area (Å²) in [6.45, 7) is 5.16. The van der Waals surface area contributed by atoms with Crippen molar-refractivity contribution < 1.29 is 4.74 Å². The number of fused-ring (bicyclic) bond motifs is 1. The van der Waals surface area contributed by atoms with Crippen LogP contribution < -0.4 is 10.3 Å². The zero-order valence-electron chi connectivity index (χ0n) is 16.8. The standard InChI is InChI=1S/C21H27N7O/c1-2-3-4-9-19-24-20(26-21(25-19)28-10-12-29-13-11-28)27-23-15-16-14-22-18-8-6-5-7-17(16)18/h5-8,14-15,22H,2-4,9-13H2,1H3,(H,24,25,26,27)/b23-15+. The first-order valence-electron chi connectivity index (χ1n) is 10.3. The third-order valence-electron chi connectivity index (χ3n) is 4.96. The van der Waals surface area contributed by atoms with Crippen LogP contribution in [0.1, 0.15) is 37.6 Å². The van der Waals surface area contributed by atoms with Gasteiger partial charge in [0.2, 0.25) is 11.9 Å². The number of nitrogens with one attached hydrogen (secondary N) is 2. The lowest BCUT2D eigenvalue weighted by Gasteiger charge is -2.27. The Morgan fingerprint density at radius 3 is 2.90 bits per heavy atom. The maximum atomic E-state index is 5.45. The van der Waals surface area contributed by atoms with Crippen molar-refractivity contribution in [2.45, 2.75) is 32.6 Å². The first kappa shape index (κ1) is 19.3. The van der Waals surface area contributed by atoms with E-state index >= 15 is 0 Å². The highest BCUT2D eigenvalue weighted by Crippen LogP contribution is 2.17. The summed E-state index contributed by atoms with van der Waals surface area (Å²) in [5.41, 5.74) is 5.09. The van der Waals surface area contributed by atoms with Crippen molar-refractivity contribution in [3.63, 3.8) is 0 Å².